The van der Waals surface area contributed by atoms with Crippen LogP contribution >= 0.6 is 0 Å². The summed E-state index contributed by atoms with van der Waals surface area (Å²) in [4.78, 5) is 11.8. The predicted octanol–water partition coefficient (Wildman–Crippen LogP) is 1.24. The molecule has 0 fully saturated rings. The fourth-order valence-corrected chi connectivity index (χ4v) is 1.71. The average Bonchev–Trinajstić information content (AvgIpc) is 2.78. The molecule has 0 bridgehead atoms. The maximum atomic E-state index is 13.1. The Kier molecular flexibility index (Phi) is 3.89. The summed E-state index contributed by atoms with van der Waals surface area (Å²) < 4.78 is 14.9. The number of hydrogen-bond acceptors (Lipinski definition) is 3. The van der Waals surface area contributed by atoms with Gasteiger partial charge in [-0.3, -0.25) is 4.79 Å². The summed E-state index contributed by atoms with van der Waals surface area (Å²) >= 11 is 0. The molecule has 0 aliphatic carbocycles. The topological polar surface area (TPSA) is 59.8 Å². The first kappa shape index (κ1) is 13.2. The van der Waals surface area contributed by atoms with Gasteiger partial charge in [0.15, 0.2) is 0 Å². The number of nitrogens with zero attached hydrogens (tertiary/aromatic N) is 3. The largest absolute Gasteiger partial charge is 0.352 e. The lowest BCUT2D eigenvalue weighted by molar-refractivity contribution is 0.0953. The Morgan fingerprint density at radius 2 is 2.26 bits per heavy atom. The van der Waals surface area contributed by atoms with E-state index in [2.05, 4.69) is 15.5 Å². The Morgan fingerprint density at radius 1 is 1.47 bits per heavy atom. The second kappa shape index (κ2) is 5.60. The van der Waals surface area contributed by atoms with Gasteiger partial charge in [0.05, 0.1) is 0 Å². The van der Waals surface area contributed by atoms with E-state index in [-0.39, 0.29) is 11.7 Å². The van der Waals surface area contributed by atoms with Gasteiger partial charge in [-0.15, -0.1) is 10.2 Å². The lowest BCUT2D eigenvalue weighted by Gasteiger charge is -2.06. The van der Waals surface area contributed by atoms with Gasteiger partial charge in [-0.1, -0.05) is 0 Å². The fourth-order valence-electron chi connectivity index (χ4n) is 1.71. The summed E-state index contributed by atoms with van der Waals surface area (Å²) in [6, 6.07) is 4.31. The Bertz CT molecular complexity index is 594. The van der Waals surface area contributed by atoms with E-state index in [1.165, 1.54) is 18.2 Å². The molecule has 1 heterocycles. The number of nitrogens with one attached hydrogen (secondary N) is 1. The minimum absolute atomic E-state index is 0.217. The Balaban J connectivity index is 1.91. The van der Waals surface area contributed by atoms with E-state index in [4.69, 9.17) is 0 Å². The van der Waals surface area contributed by atoms with Crippen LogP contribution in [0.3, 0.4) is 0 Å². The Morgan fingerprint density at radius 3 is 2.89 bits per heavy atom. The minimum atomic E-state index is -0.310. The van der Waals surface area contributed by atoms with E-state index in [0.717, 1.165) is 5.82 Å². The highest BCUT2D eigenvalue weighted by Gasteiger charge is 2.08. The van der Waals surface area contributed by atoms with Crippen LogP contribution in [0.4, 0.5) is 4.39 Å². The lowest BCUT2D eigenvalue weighted by atomic mass is 10.1. The van der Waals surface area contributed by atoms with Crippen molar-refractivity contribution in [1.82, 2.24) is 20.1 Å². The number of amides is 1. The first-order valence-electron chi connectivity index (χ1n) is 5.95. The van der Waals surface area contributed by atoms with E-state index >= 15 is 0 Å². The van der Waals surface area contributed by atoms with Crippen LogP contribution in [0.1, 0.15) is 21.7 Å². The van der Waals surface area contributed by atoms with E-state index < -0.39 is 0 Å². The molecular formula is C13H15FN4O. The SMILES string of the molecule is Cc1cc(C(=O)NCCc2nncn2C)ccc1F. The molecule has 0 radical (unpaired) electrons. The molecule has 0 aliphatic rings. The van der Waals surface area contributed by atoms with E-state index in [0.29, 0.717) is 24.1 Å². The van der Waals surface area contributed by atoms with Crippen LogP contribution < -0.4 is 5.32 Å². The molecule has 1 amide bonds. The number of rotatable bonds is 4. The molecule has 100 valence electrons. The molecule has 1 aromatic heterocycles. The number of aromatic nitrogens is 3. The van der Waals surface area contributed by atoms with Crippen molar-refractivity contribution < 1.29 is 9.18 Å². The number of hydrogen-bond donors (Lipinski definition) is 1. The average molecular weight is 262 g/mol. The number of carbonyl (C=O) groups excluding carboxylic acids is 1. The monoisotopic (exact) mass is 262 g/mol. The molecule has 0 saturated carbocycles. The molecule has 0 aliphatic heterocycles. The molecule has 0 atom stereocenters. The van der Waals surface area contributed by atoms with Crippen LogP contribution in [0, 0.1) is 12.7 Å². The molecular weight excluding hydrogens is 247 g/mol. The smallest absolute Gasteiger partial charge is 0.251 e. The molecule has 2 rings (SSSR count). The van der Waals surface area contributed by atoms with Crippen molar-refractivity contribution in [2.45, 2.75) is 13.3 Å². The molecule has 19 heavy (non-hydrogen) atoms. The number of halogens is 1. The molecule has 0 spiro atoms. The first-order valence-corrected chi connectivity index (χ1v) is 5.95. The number of carbonyl (C=O) groups is 1. The third kappa shape index (κ3) is 3.15. The third-order valence-corrected chi connectivity index (χ3v) is 2.86. The summed E-state index contributed by atoms with van der Waals surface area (Å²) in [5, 5.41) is 10.4. The maximum Gasteiger partial charge on any atom is 0.251 e. The highest BCUT2D eigenvalue weighted by Crippen LogP contribution is 2.09. The summed E-state index contributed by atoms with van der Waals surface area (Å²) in [6.45, 7) is 2.09. The number of benzene rings is 1. The van der Waals surface area contributed by atoms with Gasteiger partial charge in [0, 0.05) is 25.6 Å². The molecule has 0 unspecified atom stereocenters. The standard InChI is InChI=1S/C13H15FN4O/c1-9-7-10(3-4-11(9)14)13(19)15-6-5-12-17-16-8-18(12)2/h3-4,7-8H,5-6H2,1-2H3,(H,15,19). The van der Waals surface area contributed by atoms with Crippen molar-refractivity contribution in [3.63, 3.8) is 0 Å². The van der Waals surface area contributed by atoms with E-state index in [9.17, 15) is 9.18 Å². The summed E-state index contributed by atoms with van der Waals surface area (Å²) in [5.74, 6) is 0.275. The molecule has 1 aromatic carbocycles. The molecule has 6 heteroatoms. The zero-order valence-corrected chi connectivity index (χ0v) is 10.9. The van der Waals surface area contributed by atoms with Gasteiger partial charge in [0.25, 0.3) is 5.91 Å². The van der Waals surface area contributed by atoms with Gasteiger partial charge < -0.3 is 9.88 Å². The Hall–Kier alpha value is -2.24. The zero-order valence-electron chi connectivity index (χ0n) is 10.9. The zero-order chi connectivity index (χ0) is 13.8. The summed E-state index contributed by atoms with van der Waals surface area (Å²) in [5.41, 5.74) is 0.915. The maximum absolute atomic E-state index is 13.1. The second-order valence-corrected chi connectivity index (χ2v) is 4.33. The van der Waals surface area contributed by atoms with Crippen molar-refractivity contribution in [2.24, 2.45) is 7.05 Å². The van der Waals surface area contributed by atoms with Crippen LogP contribution in [-0.4, -0.2) is 27.2 Å². The van der Waals surface area contributed by atoms with Gasteiger partial charge in [0.1, 0.15) is 18.0 Å². The van der Waals surface area contributed by atoms with Crippen molar-refractivity contribution in [3.8, 4) is 0 Å². The van der Waals surface area contributed by atoms with Gasteiger partial charge >= 0.3 is 0 Å². The number of aryl methyl sites for hydroxylation is 2. The van der Waals surface area contributed by atoms with Crippen LogP contribution in [0.25, 0.3) is 0 Å². The van der Waals surface area contributed by atoms with E-state index in [1.54, 1.807) is 17.8 Å². The quantitative estimate of drug-likeness (QED) is 0.901. The van der Waals surface area contributed by atoms with Crippen LogP contribution in [0.2, 0.25) is 0 Å². The van der Waals surface area contributed by atoms with Gasteiger partial charge in [-0.05, 0) is 30.7 Å². The highest BCUT2D eigenvalue weighted by atomic mass is 19.1. The first-order chi connectivity index (χ1) is 9.08. The highest BCUT2D eigenvalue weighted by molar-refractivity contribution is 5.94. The van der Waals surface area contributed by atoms with Gasteiger partial charge in [0.2, 0.25) is 0 Å². The van der Waals surface area contributed by atoms with Crippen molar-refractivity contribution in [2.75, 3.05) is 6.54 Å². The van der Waals surface area contributed by atoms with Crippen LogP contribution in [0.15, 0.2) is 24.5 Å². The van der Waals surface area contributed by atoms with Gasteiger partial charge in [-0.2, -0.15) is 0 Å². The summed E-state index contributed by atoms with van der Waals surface area (Å²) in [7, 11) is 1.85. The van der Waals surface area contributed by atoms with Crippen LogP contribution in [-0.2, 0) is 13.5 Å². The van der Waals surface area contributed by atoms with E-state index in [1.807, 2.05) is 7.05 Å². The minimum Gasteiger partial charge on any atom is -0.352 e. The molecule has 0 saturated heterocycles. The third-order valence-electron chi connectivity index (χ3n) is 2.86. The fraction of sp³-hybridized carbons (Fsp3) is 0.308. The summed E-state index contributed by atoms with van der Waals surface area (Å²) in [6.07, 6.45) is 2.21. The van der Waals surface area contributed by atoms with Crippen molar-refractivity contribution in [3.05, 3.63) is 47.3 Å². The lowest BCUT2D eigenvalue weighted by Crippen LogP contribution is -2.26. The molecule has 5 nitrogen and oxygen atoms in total. The van der Waals surface area contributed by atoms with Gasteiger partial charge in [-0.25, -0.2) is 4.39 Å². The van der Waals surface area contributed by atoms with Crippen molar-refractivity contribution in [1.29, 1.82) is 0 Å². The Labute approximate surface area is 110 Å². The second-order valence-electron chi connectivity index (χ2n) is 4.33. The normalized spacial score (nSPS) is 10.5. The predicted molar refractivity (Wildman–Crippen MR) is 68.2 cm³/mol. The van der Waals surface area contributed by atoms with Crippen LogP contribution in [0.5, 0.6) is 0 Å². The molecule has 1 N–H and O–H groups in total. The van der Waals surface area contributed by atoms with Crippen molar-refractivity contribution >= 4 is 5.91 Å². The molecule has 2 aromatic rings.